The van der Waals surface area contributed by atoms with Crippen LogP contribution >= 0.6 is 0 Å². The SMILES string of the molecule is Cc1cc(CNC(=O)c2cn3c(C(=O)NCc4ccc(N)cc4)cccc3n2)ccc1F. The number of carbonyl (C=O) groups is 2. The minimum Gasteiger partial charge on any atom is -0.399 e. The second-order valence-electron chi connectivity index (χ2n) is 7.46. The summed E-state index contributed by atoms with van der Waals surface area (Å²) >= 11 is 0. The van der Waals surface area contributed by atoms with Gasteiger partial charge in [0.25, 0.3) is 11.8 Å². The van der Waals surface area contributed by atoms with Gasteiger partial charge in [0.05, 0.1) is 0 Å². The number of hydrogen-bond donors (Lipinski definition) is 3. The fourth-order valence-electron chi connectivity index (χ4n) is 3.30. The van der Waals surface area contributed by atoms with Crippen molar-refractivity contribution in [1.82, 2.24) is 20.0 Å². The van der Waals surface area contributed by atoms with E-state index in [-0.39, 0.29) is 29.9 Å². The van der Waals surface area contributed by atoms with Gasteiger partial charge in [-0.25, -0.2) is 9.37 Å². The van der Waals surface area contributed by atoms with Crippen molar-refractivity contribution in [2.24, 2.45) is 0 Å². The van der Waals surface area contributed by atoms with Gasteiger partial charge >= 0.3 is 0 Å². The number of benzene rings is 2. The third kappa shape index (κ3) is 4.59. The average Bonchev–Trinajstić information content (AvgIpc) is 3.23. The Bertz CT molecular complexity index is 1300. The number of nitrogens with one attached hydrogen (secondary N) is 2. The van der Waals surface area contributed by atoms with Gasteiger partial charge in [-0.3, -0.25) is 14.0 Å². The predicted molar refractivity (Wildman–Crippen MR) is 120 cm³/mol. The van der Waals surface area contributed by atoms with E-state index in [2.05, 4.69) is 15.6 Å². The summed E-state index contributed by atoms with van der Waals surface area (Å²) in [6.07, 6.45) is 1.53. The van der Waals surface area contributed by atoms with Crippen LogP contribution in [0.15, 0.2) is 66.9 Å². The lowest BCUT2D eigenvalue weighted by Crippen LogP contribution is -2.25. The Balaban J connectivity index is 1.47. The van der Waals surface area contributed by atoms with Crippen molar-refractivity contribution in [2.45, 2.75) is 20.0 Å². The zero-order valence-corrected chi connectivity index (χ0v) is 17.4. The van der Waals surface area contributed by atoms with E-state index in [9.17, 15) is 14.0 Å². The van der Waals surface area contributed by atoms with Crippen molar-refractivity contribution in [3.05, 3.63) is 101 Å². The summed E-state index contributed by atoms with van der Waals surface area (Å²) in [5.74, 6) is -0.967. The van der Waals surface area contributed by atoms with Gasteiger partial charge in [0, 0.05) is 25.0 Å². The number of carbonyl (C=O) groups excluding carboxylic acids is 2. The maximum absolute atomic E-state index is 13.4. The molecule has 8 heteroatoms. The van der Waals surface area contributed by atoms with E-state index < -0.39 is 0 Å². The molecule has 0 radical (unpaired) electrons. The van der Waals surface area contributed by atoms with Gasteiger partial charge in [-0.05, 0) is 53.9 Å². The summed E-state index contributed by atoms with van der Waals surface area (Å²) in [6, 6.07) is 17.0. The molecule has 0 unspecified atom stereocenters. The van der Waals surface area contributed by atoms with Gasteiger partial charge < -0.3 is 16.4 Å². The molecule has 0 saturated heterocycles. The van der Waals surface area contributed by atoms with E-state index in [4.69, 9.17) is 5.73 Å². The van der Waals surface area contributed by atoms with Crippen molar-refractivity contribution >= 4 is 23.1 Å². The largest absolute Gasteiger partial charge is 0.399 e. The standard InChI is InChI=1S/C24H22FN5O2/c1-15-11-17(7-10-19(15)25)13-27-23(31)20-14-30-21(3-2-4-22(30)29-20)24(32)28-12-16-5-8-18(26)9-6-16/h2-11,14H,12-13,26H2,1H3,(H,27,31)(H,28,32). The lowest BCUT2D eigenvalue weighted by molar-refractivity contribution is 0.0935. The Morgan fingerprint density at radius 2 is 1.66 bits per heavy atom. The number of amides is 2. The van der Waals surface area contributed by atoms with E-state index in [1.807, 2.05) is 12.1 Å². The zero-order chi connectivity index (χ0) is 22.7. The molecule has 4 rings (SSSR count). The Morgan fingerprint density at radius 3 is 2.41 bits per heavy atom. The third-order valence-corrected chi connectivity index (χ3v) is 5.07. The van der Waals surface area contributed by atoms with Crippen LogP contribution in [0.25, 0.3) is 5.65 Å². The van der Waals surface area contributed by atoms with E-state index >= 15 is 0 Å². The number of imidazole rings is 1. The summed E-state index contributed by atoms with van der Waals surface area (Å²) in [5, 5.41) is 5.64. The number of nitrogens with zero attached hydrogens (tertiary/aromatic N) is 2. The minimum absolute atomic E-state index is 0.183. The van der Waals surface area contributed by atoms with Gasteiger partial charge in [-0.2, -0.15) is 0 Å². The summed E-state index contributed by atoms with van der Waals surface area (Å²) in [6.45, 7) is 2.25. The lowest BCUT2D eigenvalue weighted by atomic mass is 10.1. The highest BCUT2D eigenvalue weighted by Gasteiger charge is 2.15. The van der Waals surface area contributed by atoms with Crippen LogP contribution in [0.5, 0.6) is 0 Å². The van der Waals surface area contributed by atoms with Crippen LogP contribution in [0, 0.1) is 12.7 Å². The summed E-state index contributed by atoms with van der Waals surface area (Å²) < 4.78 is 15.0. The van der Waals surface area contributed by atoms with Crippen LogP contribution in [-0.4, -0.2) is 21.2 Å². The van der Waals surface area contributed by atoms with Crippen molar-refractivity contribution < 1.29 is 14.0 Å². The molecule has 0 saturated carbocycles. The first-order valence-corrected chi connectivity index (χ1v) is 10.0. The van der Waals surface area contributed by atoms with Gasteiger partial charge in [0.15, 0.2) is 0 Å². The van der Waals surface area contributed by atoms with Crippen molar-refractivity contribution in [1.29, 1.82) is 0 Å². The lowest BCUT2D eigenvalue weighted by Gasteiger charge is -2.07. The highest BCUT2D eigenvalue weighted by Crippen LogP contribution is 2.12. The molecular weight excluding hydrogens is 409 g/mol. The molecule has 4 N–H and O–H groups in total. The van der Waals surface area contributed by atoms with Crippen molar-refractivity contribution in [3.8, 4) is 0 Å². The second-order valence-corrected chi connectivity index (χ2v) is 7.46. The first kappa shape index (κ1) is 21.0. The smallest absolute Gasteiger partial charge is 0.271 e. The molecule has 0 atom stereocenters. The fourth-order valence-corrected chi connectivity index (χ4v) is 3.30. The molecule has 2 heterocycles. The molecule has 7 nitrogen and oxygen atoms in total. The molecule has 0 aliphatic heterocycles. The van der Waals surface area contributed by atoms with Crippen LogP contribution in [0.1, 0.15) is 37.7 Å². The fraction of sp³-hybridized carbons (Fsp3) is 0.125. The monoisotopic (exact) mass is 431 g/mol. The highest BCUT2D eigenvalue weighted by atomic mass is 19.1. The molecular formula is C24H22FN5O2. The number of rotatable bonds is 6. The van der Waals surface area contributed by atoms with Gasteiger partial charge in [0.2, 0.25) is 0 Å². The number of halogens is 1. The number of aromatic nitrogens is 2. The van der Waals surface area contributed by atoms with Gasteiger partial charge in [0.1, 0.15) is 22.9 Å². The summed E-state index contributed by atoms with van der Waals surface area (Å²) in [5.41, 5.74) is 9.58. The quantitative estimate of drug-likeness (QED) is 0.408. The Kier molecular flexibility index (Phi) is 5.85. The number of hydrogen-bond acceptors (Lipinski definition) is 4. The van der Waals surface area contributed by atoms with E-state index in [1.165, 1.54) is 12.3 Å². The molecule has 0 spiro atoms. The molecule has 162 valence electrons. The molecule has 0 aliphatic carbocycles. The average molecular weight is 431 g/mol. The van der Waals surface area contributed by atoms with Gasteiger partial charge in [-0.1, -0.05) is 30.3 Å². The maximum Gasteiger partial charge on any atom is 0.271 e. The number of aryl methyl sites for hydroxylation is 1. The second kappa shape index (κ2) is 8.89. The van der Waals surface area contributed by atoms with Crippen LogP contribution in [0.3, 0.4) is 0 Å². The molecule has 32 heavy (non-hydrogen) atoms. The molecule has 0 bridgehead atoms. The molecule has 2 aromatic carbocycles. The van der Waals surface area contributed by atoms with E-state index in [1.54, 1.807) is 53.8 Å². The van der Waals surface area contributed by atoms with Crippen LogP contribution in [-0.2, 0) is 13.1 Å². The maximum atomic E-state index is 13.4. The molecule has 2 aromatic heterocycles. The number of nitrogen functional groups attached to an aromatic ring is 1. The molecule has 0 aliphatic rings. The minimum atomic E-state index is -0.385. The van der Waals surface area contributed by atoms with Crippen LogP contribution in [0.4, 0.5) is 10.1 Å². The van der Waals surface area contributed by atoms with Crippen LogP contribution < -0.4 is 16.4 Å². The topological polar surface area (TPSA) is 102 Å². The van der Waals surface area contributed by atoms with Crippen molar-refractivity contribution in [3.63, 3.8) is 0 Å². The number of pyridine rings is 1. The summed E-state index contributed by atoms with van der Waals surface area (Å²) in [7, 11) is 0. The molecule has 2 amide bonds. The third-order valence-electron chi connectivity index (χ3n) is 5.07. The van der Waals surface area contributed by atoms with Crippen molar-refractivity contribution in [2.75, 3.05) is 5.73 Å². The van der Waals surface area contributed by atoms with Gasteiger partial charge in [-0.15, -0.1) is 0 Å². The Labute approximate surface area is 184 Å². The first-order valence-electron chi connectivity index (χ1n) is 10.0. The van der Waals surface area contributed by atoms with E-state index in [0.717, 1.165) is 11.1 Å². The summed E-state index contributed by atoms with van der Waals surface area (Å²) in [4.78, 5) is 29.6. The Morgan fingerprint density at radius 1 is 0.969 bits per heavy atom. The van der Waals surface area contributed by atoms with Crippen LogP contribution in [0.2, 0.25) is 0 Å². The molecule has 4 aromatic rings. The highest BCUT2D eigenvalue weighted by molar-refractivity contribution is 5.95. The zero-order valence-electron chi connectivity index (χ0n) is 17.4. The number of fused-ring (bicyclic) bond motifs is 1. The van der Waals surface area contributed by atoms with E-state index in [0.29, 0.717) is 29.1 Å². The number of anilines is 1. The number of nitrogens with two attached hydrogens (primary N) is 1. The predicted octanol–water partition coefficient (Wildman–Crippen LogP) is 3.22. The first-order chi connectivity index (χ1) is 15.4. The Hall–Kier alpha value is -4.20. The molecule has 0 fully saturated rings. The normalized spacial score (nSPS) is 10.8.